The largest absolute Gasteiger partial charge is 0.472 e. The lowest BCUT2D eigenvalue weighted by molar-refractivity contribution is -0.161. The van der Waals surface area contributed by atoms with Crippen molar-refractivity contribution < 1.29 is 80.2 Å². The molecule has 0 aromatic carbocycles. The van der Waals surface area contributed by atoms with Crippen molar-refractivity contribution in [3.63, 3.8) is 0 Å². The number of carbonyl (C=O) groups excluding carboxylic acids is 4. The number of hydrogen-bond donors (Lipinski definition) is 3. The summed E-state index contributed by atoms with van der Waals surface area (Å²) in [5.74, 6) is 0.184. The van der Waals surface area contributed by atoms with Crippen LogP contribution in [0.2, 0.25) is 0 Å². The third-order valence-electron chi connectivity index (χ3n) is 19.1. The Morgan fingerprint density at radius 2 is 0.455 bits per heavy atom. The number of rotatable bonds is 80. The predicted octanol–water partition coefficient (Wildman–Crippen LogP) is 24.5. The van der Waals surface area contributed by atoms with E-state index in [-0.39, 0.29) is 25.7 Å². The fraction of sp³-hybridized carbons (Fsp3) is 0.951. The van der Waals surface area contributed by atoms with Gasteiger partial charge in [0.1, 0.15) is 19.3 Å². The average Bonchev–Trinajstić information content (AvgIpc) is 0.955. The summed E-state index contributed by atoms with van der Waals surface area (Å²) < 4.78 is 68.8. The standard InChI is InChI=1S/C82H160O17P2/c1-8-9-10-11-12-13-14-15-16-17-20-25-30-35-42-49-56-63-79(84)92-69-77(98-81(86)65-58-51-43-36-31-26-21-18-19-23-28-33-39-46-53-60-73(2)3)71-96-100(88,89)94-67-76(83)68-95-101(90,91)97-72-78(70-93-80(85)64-57-50-45-38-41-48-55-62-75(6)7)99-82(87)66-59-52-44-37-32-27-22-24-29-34-40-47-54-61-74(4)5/h73-78,83H,8-72H2,1-7H3,(H,88,89)(H,90,91)/t76-,77-,78-/m1/s1. The van der Waals surface area contributed by atoms with Gasteiger partial charge in [0.25, 0.3) is 0 Å². The third-order valence-corrected chi connectivity index (χ3v) is 21.0. The minimum absolute atomic E-state index is 0.106. The van der Waals surface area contributed by atoms with Gasteiger partial charge in [0.15, 0.2) is 12.2 Å². The molecule has 2 unspecified atom stereocenters. The minimum atomic E-state index is -4.96. The highest BCUT2D eigenvalue weighted by Gasteiger charge is 2.30. The fourth-order valence-electron chi connectivity index (χ4n) is 12.7. The van der Waals surface area contributed by atoms with Crippen molar-refractivity contribution in [3.05, 3.63) is 0 Å². The predicted molar refractivity (Wildman–Crippen MR) is 414 cm³/mol. The molecule has 0 aliphatic carbocycles. The summed E-state index contributed by atoms with van der Waals surface area (Å²) in [7, 11) is -9.92. The van der Waals surface area contributed by atoms with E-state index >= 15 is 0 Å². The summed E-state index contributed by atoms with van der Waals surface area (Å²) >= 11 is 0. The van der Waals surface area contributed by atoms with Gasteiger partial charge in [-0.05, 0) is 43.4 Å². The number of hydrogen-bond acceptors (Lipinski definition) is 15. The van der Waals surface area contributed by atoms with Gasteiger partial charge in [-0.2, -0.15) is 0 Å². The number of phosphoric ester groups is 2. The molecule has 0 saturated carbocycles. The van der Waals surface area contributed by atoms with E-state index in [9.17, 15) is 43.2 Å². The molecule has 0 aliphatic heterocycles. The molecule has 0 aromatic heterocycles. The van der Waals surface area contributed by atoms with Crippen molar-refractivity contribution in [3.8, 4) is 0 Å². The van der Waals surface area contributed by atoms with Crippen molar-refractivity contribution in [2.24, 2.45) is 17.8 Å². The number of phosphoric acid groups is 2. The van der Waals surface area contributed by atoms with E-state index in [1.54, 1.807) is 0 Å². The molecule has 0 amide bonds. The number of aliphatic hydroxyl groups excluding tert-OH is 1. The highest BCUT2D eigenvalue weighted by molar-refractivity contribution is 7.47. The zero-order valence-corrected chi connectivity index (χ0v) is 68.2. The molecule has 0 spiro atoms. The first-order valence-corrected chi connectivity index (χ1v) is 45.3. The van der Waals surface area contributed by atoms with Crippen LogP contribution < -0.4 is 0 Å². The quantitative estimate of drug-likeness (QED) is 0.0222. The summed E-state index contributed by atoms with van der Waals surface area (Å²) in [6.07, 6.45) is 61.1. The molecule has 600 valence electrons. The van der Waals surface area contributed by atoms with Crippen LogP contribution in [0.5, 0.6) is 0 Å². The lowest BCUT2D eigenvalue weighted by atomic mass is 10.0. The van der Waals surface area contributed by atoms with Gasteiger partial charge in [0.05, 0.1) is 26.4 Å². The zero-order chi connectivity index (χ0) is 74.4. The summed E-state index contributed by atoms with van der Waals surface area (Å²) in [5.41, 5.74) is 0. The van der Waals surface area contributed by atoms with Crippen LogP contribution in [-0.2, 0) is 65.4 Å². The maximum Gasteiger partial charge on any atom is 0.472 e. The van der Waals surface area contributed by atoms with Gasteiger partial charge in [-0.25, -0.2) is 9.13 Å². The summed E-state index contributed by atoms with van der Waals surface area (Å²) in [4.78, 5) is 73.1. The Balaban J connectivity index is 5.24. The first kappa shape index (κ1) is 99.1. The van der Waals surface area contributed by atoms with Crippen LogP contribution in [0.3, 0.4) is 0 Å². The van der Waals surface area contributed by atoms with Crippen molar-refractivity contribution >= 4 is 39.5 Å². The minimum Gasteiger partial charge on any atom is -0.462 e. The second-order valence-electron chi connectivity index (χ2n) is 30.9. The van der Waals surface area contributed by atoms with E-state index in [1.807, 2.05) is 0 Å². The van der Waals surface area contributed by atoms with Crippen LogP contribution in [0.15, 0.2) is 0 Å². The number of carbonyl (C=O) groups is 4. The molecule has 0 radical (unpaired) electrons. The number of unbranched alkanes of at least 4 members (excludes halogenated alkanes) is 48. The summed E-state index contributed by atoms with van der Waals surface area (Å²) in [6, 6.07) is 0. The van der Waals surface area contributed by atoms with Gasteiger partial charge < -0.3 is 33.8 Å². The topological polar surface area (TPSA) is 237 Å². The van der Waals surface area contributed by atoms with E-state index in [2.05, 4.69) is 48.5 Å². The van der Waals surface area contributed by atoms with Gasteiger partial charge >= 0.3 is 39.5 Å². The molecule has 5 atom stereocenters. The first-order chi connectivity index (χ1) is 48.7. The molecule has 101 heavy (non-hydrogen) atoms. The molecule has 19 heteroatoms. The Kier molecular flexibility index (Phi) is 70.9. The number of ether oxygens (including phenoxy) is 4. The molecular formula is C82H160O17P2. The lowest BCUT2D eigenvalue weighted by Gasteiger charge is -2.21. The van der Waals surface area contributed by atoms with Gasteiger partial charge in [-0.15, -0.1) is 0 Å². The van der Waals surface area contributed by atoms with Gasteiger partial charge in [-0.1, -0.05) is 376 Å². The second-order valence-corrected chi connectivity index (χ2v) is 33.8. The van der Waals surface area contributed by atoms with Crippen LogP contribution in [0.25, 0.3) is 0 Å². The second kappa shape index (κ2) is 72.3. The van der Waals surface area contributed by atoms with Crippen molar-refractivity contribution in [1.29, 1.82) is 0 Å². The lowest BCUT2D eigenvalue weighted by Crippen LogP contribution is -2.30. The van der Waals surface area contributed by atoms with E-state index in [0.29, 0.717) is 31.6 Å². The summed E-state index contributed by atoms with van der Waals surface area (Å²) in [6.45, 7) is 11.9. The molecule has 0 bridgehead atoms. The van der Waals surface area contributed by atoms with Gasteiger partial charge in [0, 0.05) is 25.7 Å². The number of esters is 4. The molecule has 17 nitrogen and oxygen atoms in total. The Morgan fingerprint density at radius 1 is 0.267 bits per heavy atom. The van der Waals surface area contributed by atoms with Crippen molar-refractivity contribution in [2.45, 2.75) is 446 Å². The molecule has 0 aromatic rings. The fourth-order valence-corrected chi connectivity index (χ4v) is 14.2. The molecule has 0 saturated heterocycles. The van der Waals surface area contributed by atoms with Crippen molar-refractivity contribution in [2.75, 3.05) is 39.6 Å². The molecule has 0 rings (SSSR count). The van der Waals surface area contributed by atoms with Crippen LogP contribution in [0.1, 0.15) is 427 Å². The Morgan fingerprint density at radius 3 is 0.673 bits per heavy atom. The molecule has 3 N–H and O–H groups in total. The van der Waals surface area contributed by atoms with Crippen LogP contribution >= 0.6 is 15.6 Å². The summed E-state index contributed by atoms with van der Waals surface area (Å²) in [5, 5.41) is 10.6. The van der Waals surface area contributed by atoms with Crippen LogP contribution in [0, 0.1) is 17.8 Å². The maximum absolute atomic E-state index is 13.1. The molecule has 0 heterocycles. The van der Waals surface area contributed by atoms with Gasteiger partial charge in [0.2, 0.25) is 0 Å². The normalized spacial score (nSPS) is 14.0. The van der Waals surface area contributed by atoms with Crippen molar-refractivity contribution in [1.82, 2.24) is 0 Å². The molecule has 0 aliphatic rings. The van der Waals surface area contributed by atoms with E-state index in [0.717, 1.165) is 108 Å². The van der Waals surface area contributed by atoms with E-state index in [4.69, 9.17) is 37.0 Å². The zero-order valence-electron chi connectivity index (χ0n) is 66.4. The highest BCUT2D eigenvalue weighted by atomic mass is 31.2. The highest BCUT2D eigenvalue weighted by Crippen LogP contribution is 2.45. The SMILES string of the molecule is CCCCCCCCCCCCCCCCCCCC(=O)OC[C@H](COP(=O)(O)OC[C@@H](O)COP(=O)(O)OC[C@@H](COC(=O)CCCCCCCCCC(C)C)OC(=O)CCCCCCCCCCCCCCCC(C)C)OC(=O)CCCCCCCCCCCCCCCCCC(C)C. The van der Waals surface area contributed by atoms with Gasteiger partial charge in [-0.3, -0.25) is 37.3 Å². The van der Waals surface area contributed by atoms with Crippen LogP contribution in [-0.4, -0.2) is 96.7 Å². The van der Waals surface area contributed by atoms with E-state index < -0.39 is 97.5 Å². The van der Waals surface area contributed by atoms with E-state index in [1.165, 1.54) is 231 Å². The Bertz CT molecular complexity index is 1960. The maximum atomic E-state index is 13.1. The Labute approximate surface area is 619 Å². The third kappa shape index (κ3) is 76.1. The Hall–Kier alpha value is -1.94. The monoisotopic (exact) mass is 1480 g/mol. The van der Waals surface area contributed by atoms with Crippen LogP contribution in [0.4, 0.5) is 0 Å². The smallest absolute Gasteiger partial charge is 0.462 e. The molecular weight excluding hydrogens is 1320 g/mol. The first-order valence-electron chi connectivity index (χ1n) is 42.3. The average molecular weight is 1480 g/mol. The molecule has 0 fully saturated rings. The number of aliphatic hydroxyl groups is 1.